The molecule has 0 saturated carbocycles. The highest BCUT2D eigenvalue weighted by Crippen LogP contribution is 2.17. The van der Waals surface area contributed by atoms with Crippen LogP contribution in [0.4, 0.5) is 5.69 Å². The average molecular weight is 275 g/mol. The smallest absolute Gasteiger partial charge is 0.0340 e. The van der Waals surface area contributed by atoms with Crippen LogP contribution in [0.2, 0.25) is 0 Å². The van der Waals surface area contributed by atoms with E-state index in [0.717, 1.165) is 19.1 Å². The first kappa shape index (κ1) is 15.3. The molecule has 1 heterocycles. The molecular formula is C17H29N3. The van der Waals surface area contributed by atoms with Crippen LogP contribution in [0.5, 0.6) is 0 Å². The van der Waals surface area contributed by atoms with Gasteiger partial charge in [0.2, 0.25) is 0 Å². The maximum atomic E-state index is 3.50. The maximum absolute atomic E-state index is 3.50. The van der Waals surface area contributed by atoms with Crippen molar-refractivity contribution in [2.45, 2.75) is 32.7 Å². The molecule has 1 N–H and O–H groups in total. The topological polar surface area (TPSA) is 18.5 Å². The van der Waals surface area contributed by atoms with Crippen molar-refractivity contribution in [3.8, 4) is 0 Å². The number of anilines is 1. The van der Waals surface area contributed by atoms with Gasteiger partial charge in [0.15, 0.2) is 0 Å². The monoisotopic (exact) mass is 275 g/mol. The third kappa shape index (κ3) is 4.50. The number of rotatable bonds is 7. The molecule has 1 aromatic carbocycles. The molecule has 1 aliphatic heterocycles. The van der Waals surface area contributed by atoms with Gasteiger partial charge in [0.25, 0.3) is 0 Å². The molecule has 1 aromatic rings. The molecule has 20 heavy (non-hydrogen) atoms. The molecular weight excluding hydrogens is 246 g/mol. The van der Waals surface area contributed by atoms with Gasteiger partial charge >= 0.3 is 0 Å². The minimum Gasteiger partial charge on any atom is -0.384 e. The van der Waals surface area contributed by atoms with E-state index in [4.69, 9.17) is 0 Å². The molecule has 2 rings (SSSR count). The molecule has 1 aliphatic rings. The van der Waals surface area contributed by atoms with E-state index in [0.29, 0.717) is 0 Å². The Morgan fingerprint density at radius 3 is 2.75 bits per heavy atom. The van der Waals surface area contributed by atoms with Gasteiger partial charge in [-0.15, -0.1) is 0 Å². The van der Waals surface area contributed by atoms with Crippen molar-refractivity contribution < 1.29 is 0 Å². The molecule has 0 amide bonds. The Bertz CT molecular complexity index is 388. The van der Waals surface area contributed by atoms with E-state index in [1.54, 1.807) is 0 Å². The fourth-order valence-corrected chi connectivity index (χ4v) is 3.03. The van der Waals surface area contributed by atoms with Gasteiger partial charge in [0, 0.05) is 31.4 Å². The number of benzene rings is 1. The first-order valence-electron chi connectivity index (χ1n) is 7.92. The van der Waals surface area contributed by atoms with Crippen molar-refractivity contribution in [3.05, 3.63) is 29.8 Å². The van der Waals surface area contributed by atoms with Crippen LogP contribution in [0.25, 0.3) is 0 Å². The van der Waals surface area contributed by atoms with Crippen LogP contribution in [0.1, 0.15) is 25.3 Å². The molecule has 112 valence electrons. The van der Waals surface area contributed by atoms with E-state index < -0.39 is 0 Å². The second-order valence-electron chi connectivity index (χ2n) is 5.98. The van der Waals surface area contributed by atoms with Crippen LogP contribution >= 0.6 is 0 Å². The highest BCUT2D eigenvalue weighted by molar-refractivity contribution is 5.44. The number of nitrogens with zero attached hydrogens (tertiary/aromatic N) is 2. The largest absolute Gasteiger partial charge is 0.384 e. The van der Waals surface area contributed by atoms with E-state index in [1.807, 2.05) is 0 Å². The lowest BCUT2D eigenvalue weighted by Crippen LogP contribution is -2.40. The molecule has 0 aliphatic carbocycles. The minimum absolute atomic E-state index is 0.768. The van der Waals surface area contributed by atoms with Gasteiger partial charge in [0.1, 0.15) is 0 Å². The zero-order valence-corrected chi connectivity index (χ0v) is 13.2. The zero-order chi connectivity index (χ0) is 14.4. The fraction of sp³-hybridized carbons (Fsp3) is 0.647. The zero-order valence-electron chi connectivity index (χ0n) is 13.2. The predicted molar refractivity (Wildman–Crippen MR) is 87.4 cm³/mol. The van der Waals surface area contributed by atoms with Crippen LogP contribution < -0.4 is 5.32 Å². The number of likely N-dealkylation sites (tertiary alicyclic amines) is 1. The third-order valence-electron chi connectivity index (χ3n) is 4.30. The average Bonchev–Trinajstić information content (AvgIpc) is 2.88. The highest BCUT2D eigenvalue weighted by atomic mass is 15.2. The van der Waals surface area contributed by atoms with Gasteiger partial charge in [-0.3, -0.25) is 4.90 Å². The van der Waals surface area contributed by atoms with Crippen LogP contribution in [-0.4, -0.2) is 55.6 Å². The van der Waals surface area contributed by atoms with E-state index in [2.05, 4.69) is 60.3 Å². The lowest BCUT2D eigenvalue weighted by molar-refractivity contribution is 0.202. The first-order valence-corrected chi connectivity index (χ1v) is 7.92. The van der Waals surface area contributed by atoms with E-state index in [9.17, 15) is 0 Å². The summed E-state index contributed by atoms with van der Waals surface area (Å²) in [5, 5.41) is 3.50. The van der Waals surface area contributed by atoms with Gasteiger partial charge in [-0.05, 0) is 52.0 Å². The van der Waals surface area contributed by atoms with Gasteiger partial charge in [-0.2, -0.15) is 0 Å². The summed E-state index contributed by atoms with van der Waals surface area (Å²) in [6.45, 7) is 10.2. The van der Waals surface area contributed by atoms with Crippen LogP contribution in [0.15, 0.2) is 24.3 Å². The SMILES string of the molecule is CCN1CCCC1CN(C)CCNc1ccc(C)cc1. The van der Waals surface area contributed by atoms with Gasteiger partial charge < -0.3 is 10.2 Å². The van der Waals surface area contributed by atoms with Crippen molar-refractivity contribution in [1.29, 1.82) is 0 Å². The third-order valence-corrected chi connectivity index (χ3v) is 4.30. The fourth-order valence-electron chi connectivity index (χ4n) is 3.03. The molecule has 0 bridgehead atoms. The van der Waals surface area contributed by atoms with Gasteiger partial charge in [-0.25, -0.2) is 0 Å². The molecule has 1 atom stereocenters. The minimum atomic E-state index is 0.768. The summed E-state index contributed by atoms with van der Waals surface area (Å²) in [5.41, 5.74) is 2.54. The highest BCUT2D eigenvalue weighted by Gasteiger charge is 2.23. The summed E-state index contributed by atoms with van der Waals surface area (Å²) in [6.07, 6.45) is 2.73. The normalized spacial score (nSPS) is 19.7. The number of likely N-dealkylation sites (N-methyl/N-ethyl adjacent to an activating group) is 2. The summed E-state index contributed by atoms with van der Waals surface area (Å²) in [4.78, 5) is 5.07. The van der Waals surface area contributed by atoms with Crippen molar-refractivity contribution in [1.82, 2.24) is 9.80 Å². The lowest BCUT2D eigenvalue weighted by Gasteiger charge is -2.27. The Morgan fingerprint density at radius 2 is 2.05 bits per heavy atom. The Kier molecular flexibility index (Phi) is 5.86. The first-order chi connectivity index (χ1) is 9.69. The molecule has 1 unspecified atom stereocenters. The summed E-state index contributed by atoms with van der Waals surface area (Å²) >= 11 is 0. The van der Waals surface area contributed by atoms with Gasteiger partial charge in [-0.1, -0.05) is 24.6 Å². The van der Waals surface area contributed by atoms with E-state index in [1.165, 1.54) is 43.7 Å². The Labute approximate surface area is 124 Å². The molecule has 0 aromatic heterocycles. The van der Waals surface area contributed by atoms with Crippen molar-refractivity contribution in [3.63, 3.8) is 0 Å². The summed E-state index contributed by atoms with van der Waals surface area (Å²) < 4.78 is 0. The van der Waals surface area contributed by atoms with Crippen molar-refractivity contribution in [2.75, 3.05) is 45.1 Å². The molecule has 0 spiro atoms. The van der Waals surface area contributed by atoms with Crippen LogP contribution in [0.3, 0.4) is 0 Å². The second-order valence-corrected chi connectivity index (χ2v) is 5.98. The predicted octanol–water partition coefficient (Wildman–Crippen LogP) is 2.82. The summed E-state index contributed by atoms with van der Waals surface area (Å²) in [6, 6.07) is 9.40. The van der Waals surface area contributed by atoms with Crippen molar-refractivity contribution in [2.24, 2.45) is 0 Å². The molecule has 3 nitrogen and oxygen atoms in total. The summed E-state index contributed by atoms with van der Waals surface area (Å²) in [7, 11) is 2.24. The van der Waals surface area contributed by atoms with E-state index in [-0.39, 0.29) is 0 Å². The second kappa shape index (κ2) is 7.65. The van der Waals surface area contributed by atoms with E-state index >= 15 is 0 Å². The number of hydrogen-bond acceptors (Lipinski definition) is 3. The maximum Gasteiger partial charge on any atom is 0.0340 e. The van der Waals surface area contributed by atoms with Crippen molar-refractivity contribution >= 4 is 5.69 Å². The Morgan fingerprint density at radius 1 is 1.30 bits per heavy atom. The molecule has 1 saturated heterocycles. The molecule has 1 fully saturated rings. The molecule has 0 radical (unpaired) electrons. The quantitative estimate of drug-likeness (QED) is 0.825. The van der Waals surface area contributed by atoms with Crippen LogP contribution in [-0.2, 0) is 0 Å². The number of aryl methyl sites for hydroxylation is 1. The summed E-state index contributed by atoms with van der Waals surface area (Å²) in [5.74, 6) is 0. The lowest BCUT2D eigenvalue weighted by atomic mass is 10.2. The number of nitrogens with one attached hydrogen (secondary N) is 1. The van der Waals surface area contributed by atoms with Gasteiger partial charge in [0.05, 0.1) is 0 Å². The Hall–Kier alpha value is -1.06. The number of hydrogen-bond donors (Lipinski definition) is 1. The standard InChI is InChI=1S/C17H29N3/c1-4-20-12-5-6-17(20)14-19(3)13-11-18-16-9-7-15(2)8-10-16/h7-10,17-18H,4-6,11-14H2,1-3H3. The molecule has 3 heteroatoms. The van der Waals surface area contributed by atoms with Crippen LogP contribution in [0, 0.1) is 6.92 Å². The Balaban J connectivity index is 1.67.